The molecular formula is C27H28N4O4. The smallest absolute Gasteiger partial charge is 0.269 e. The first-order valence-electron chi connectivity index (χ1n) is 11.6. The monoisotopic (exact) mass is 472 g/mol. The molecule has 180 valence electrons. The normalized spacial score (nSPS) is 16.2. The quantitative estimate of drug-likeness (QED) is 0.430. The van der Waals surface area contributed by atoms with Gasteiger partial charge in [0.05, 0.1) is 6.10 Å². The van der Waals surface area contributed by atoms with Crippen molar-refractivity contribution in [2.24, 2.45) is 0 Å². The van der Waals surface area contributed by atoms with Crippen LogP contribution in [0.25, 0.3) is 11.7 Å². The van der Waals surface area contributed by atoms with Gasteiger partial charge in [-0.15, -0.1) is 0 Å². The second-order valence-corrected chi connectivity index (χ2v) is 9.46. The van der Waals surface area contributed by atoms with Gasteiger partial charge in [-0.25, -0.2) is 0 Å². The van der Waals surface area contributed by atoms with E-state index in [-0.39, 0.29) is 28.5 Å². The Balaban J connectivity index is 1.70. The van der Waals surface area contributed by atoms with Crippen LogP contribution in [-0.2, 0) is 14.9 Å². The first-order valence-corrected chi connectivity index (χ1v) is 11.6. The van der Waals surface area contributed by atoms with Crippen molar-refractivity contribution in [1.29, 1.82) is 5.26 Å². The zero-order chi connectivity index (χ0) is 25.0. The van der Waals surface area contributed by atoms with E-state index in [1.807, 2.05) is 30.3 Å². The maximum absolute atomic E-state index is 13.3. The van der Waals surface area contributed by atoms with Crippen LogP contribution in [0.2, 0.25) is 0 Å². The maximum Gasteiger partial charge on any atom is 0.269 e. The molecule has 0 radical (unpaired) electrons. The van der Waals surface area contributed by atoms with Crippen molar-refractivity contribution >= 4 is 17.6 Å². The van der Waals surface area contributed by atoms with E-state index < -0.39 is 11.5 Å². The average molecular weight is 473 g/mol. The second-order valence-electron chi connectivity index (χ2n) is 9.46. The Hall–Kier alpha value is -3.96. The van der Waals surface area contributed by atoms with E-state index in [0.29, 0.717) is 24.5 Å². The van der Waals surface area contributed by atoms with Crippen LogP contribution in [0.3, 0.4) is 0 Å². The number of pyridine rings is 1. The summed E-state index contributed by atoms with van der Waals surface area (Å²) in [4.78, 5) is 30.5. The van der Waals surface area contributed by atoms with E-state index in [1.165, 1.54) is 10.5 Å². The van der Waals surface area contributed by atoms with Gasteiger partial charge in [0.25, 0.3) is 11.5 Å². The highest BCUT2D eigenvalue weighted by atomic mass is 16.5. The highest BCUT2D eigenvalue weighted by Gasteiger charge is 2.20. The lowest BCUT2D eigenvalue weighted by Gasteiger charge is -2.19. The highest BCUT2D eigenvalue weighted by Crippen LogP contribution is 2.28. The third kappa shape index (κ3) is 5.58. The molecule has 35 heavy (non-hydrogen) atoms. The molecule has 0 aliphatic carbocycles. The van der Waals surface area contributed by atoms with E-state index in [0.717, 1.165) is 18.4 Å². The van der Waals surface area contributed by atoms with Crippen molar-refractivity contribution in [3.63, 3.8) is 0 Å². The first kappa shape index (κ1) is 24.2. The van der Waals surface area contributed by atoms with Crippen molar-refractivity contribution < 1.29 is 14.3 Å². The molecule has 1 N–H and O–H groups in total. The van der Waals surface area contributed by atoms with Gasteiger partial charge in [-0.1, -0.05) is 39.0 Å². The molecule has 8 heteroatoms. The molecular weight excluding hydrogens is 444 g/mol. The fourth-order valence-electron chi connectivity index (χ4n) is 3.82. The second kappa shape index (κ2) is 10.1. The van der Waals surface area contributed by atoms with Gasteiger partial charge in [0, 0.05) is 19.3 Å². The predicted octanol–water partition coefficient (Wildman–Crippen LogP) is 3.99. The Morgan fingerprint density at radius 1 is 1.29 bits per heavy atom. The number of carbonyl (C=O) groups excluding carboxylic acids is 1. The van der Waals surface area contributed by atoms with Crippen LogP contribution in [-0.4, -0.2) is 34.5 Å². The lowest BCUT2D eigenvalue weighted by molar-refractivity contribution is -0.117. The third-order valence-corrected chi connectivity index (χ3v) is 5.84. The van der Waals surface area contributed by atoms with Crippen LogP contribution >= 0.6 is 0 Å². The summed E-state index contributed by atoms with van der Waals surface area (Å²) in [5, 5.41) is 12.4. The number of carbonyl (C=O) groups is 1. The summed E-state index contributed by atoms with van der Waals surface area (Å²) < 4.78 is 12.9. The summed E-state index contributed by atoms with van der Waals surface area (Å²) in [6, 6.07) is 14.6. The van der Waals surface area contributed by atoms with Gasteiger partial charge >= 0.3 is 0 Å². The minimum Gasteiger partial charge on any atom is -0.438 e. The predicted molar refractivity (Wildman–Crippen MR) is 132 cm³/mol. The van der Waals surface area contributed by atoms with Crippen LogP contribution in [0, 0.1) is 11.3 Å². The third-order valence-electron chi connectivity index (χ3n) is 5.84. The summed E-state index contributed by atoms with van der Waals surface area (Å²) in [7, 11) is 0. The van der Waals surface area contributed by atoms with Crippen molar-refractivity contribution in [3.8, 4) is 17.7 Å². The van der Waals surface area contributed by atoms with E-state index in [9.17, 15) is 14.9 Å². The van der Waals surface area contributed by atoms with E-state index in [1.54, 1.807) is 24.4 Å². The lowest BCUT2D eigenvalue weighted by atomic mass is 9.87. The van der Waals surface area contributed by atoms with E-state index in [2.05, 4.69) is 31.1 Å². The standard InChI is InChI=1S/C27H28N4O4/c1-27(2,3)19-9-11-20(12-10-19)35-25-22(26(33)31-13-5-4-8-23(31)30-25)15-18(16-28)24(32)29-17-21-7-6-14-34-21/h4-5,8-13,15,21H,6-7,14,17H2,1-3H3,(H,29,32)/b18-15+. The van der Waals surface area contributed by atoms with Crippen LogP contribution in [0.5, 0.6) is 11.6 Å². The molecule has 8 nitrogen and oxygen atoms in total. The van der Waals surface area contributed by atoms with Crippen molar-refractivity contribution in [1.82, 2.24) is 14.7 Å². The molecule has 0 spiro atoms. The van der Waals surface area contributed by atoms with Crippen molar-refractivity contribution in [3.05, 3.63) is 75.7 Å². The van der Waals surface area contributed by atoms with Crippen LogP contribution in [0.1, 0.15) is 44.7 Å². The lowest BCUT2D eigenvalue weighted by Crippen LogP contribution is -2.32. The molecule has 0 saturated carbocycles. The number of benzene rings is 1. The topological polar surface area (TPSA) is 106 Å². The Kier molecular flexibility index (Phi) is 6.99. The number of hydrogen-bond donors (Lipinski definition) is 1. The van der Waals surface area contributed by atoms with Crippen LogP contribution in [0.4, 0.5) is 0 Å². The number of nitrogens with one attached hydrogen (secondary N) is 1. The zero-order valence-corrected chi connectivity index (χ0v) is 20.1. The molecule has 0 bridgehead atoms. The maximum atomic E-state index is 13.3. The Labute approximate surface area is 203 Å². The molecule has 4 rings (SSSR count). The minimum atomic E-state index is -0.582. The molecule has 1 aliphatic rings. The van der Waals surface area contributed by atoms with Gasteiger partial charge in [-0.3, -0.25) is 14.0 Å². The van der Waals surface area contributed by atoms with Gasteiger partial charge in [-0.2, -0.15) is 10.2 Å². The van der Waals surface area contributed by atoms with Gasteiger partial charge in [-0.05, 0) is 54.2 Å². The summed E-state index contributed by atoms with van der Waals surface area (Å²) in [5.41, 5.74) is 0.841. The molecule has 1 amide bonds. The molecule has 1 aromatic carbocycles. The molecule has 1 aliphatic heterocycles. The van der Waals surface area contributed by atoms with Gasteiger partial charge < -0.3 is 14.8 Å². The van der Waals surface area contributed by atoms with Gasteiger partial charge in [0.15, 0.2) is 0 Å². The zero-order valence-electron chi connectivity index (χ0n) is 20.1. The number of aromatic nitrogens is 2. The summed E-state index contributed by atoms with van der Waals surface area (Å²) in [6.07, 6.45) is 4.54. The van der Waals surface area contributed by atoms with Gasteiger partial charge in [0.2, 0.25) is 5.88 Å². The molecule has 1 saturated heterocycles. The summed E-state index contributed by atoms with van der Waals surface area (Å²) >= 11 is 0. The number of hydrogen-bond acceptors (Lipinski definition) is 6. The number of nitrogens with zero attached hydrogens (tertiary/aromatic N) is 3. The largest absolute Gasteiger partial charge is 0.438 e. The molecule has 1 atom stereocenters. The van der Waals surface area contributed by atoms with Crippen molar-refractivity contribution in [2.45, 2.75) is 45.1 Å². The number of rotatable bonds is 6. The molecule has 2 aromatic heterocycles. The molecule has 1 unspecified atom stereocenters. The van der Waals surface area contributed by atoms with Gasteiger partial charge in [0.1, 0.15) is 28.6 Å². The molecule has 1 fully saturated rings. The Bertz CT molecular complexity index is 1360. The minimum absolute atomic E-state index is 0.0115. The summed E-state index contributed by atoms with van der Waals surface area (Å²) in [5.74, 6) is -0.0772. The fourth-order valence-corrected chi connectivity index (χ4v) is 3.82. The van der Waals surface area contributed by atoms with E-state index in [4.69, 9.17) is 9.47 Å². The molecule has 3 heterocycles. The van der Waals surface area contributed by atoms with Crippen LogP contribution < -0.4 is 15.6 Å². The average Bonchev–Trinajstić information content (AvgIpc) is 3.36. The summed E-state index contributed by atoms with van der Waals surface area (Å²) in [6.45, 7) is 7.31. The first-order chi connectivity index (χ1) is 16.8. The number of nitriles is 1. The Morgan fingerprint density at radius 2 is 2.06 bits per heavy atom. The Morgan fingerprint density at radius 3 is 2.71 bits per heavy atom. The SMILES string of the molecule is CC(C)(C)c1ccc(Oc2nc3ccccn3c(=O)c2/C=C(\C#N)C(=O)NCC2CCCO2)cc1. The number of fused-ring (bicyclic) bond motifs is 1. The van der Waals surface area contributed by atoms with Crippen molar-refractivity contribution in [2.75, 3.05) is 13.2 Å². The fraction of sp³-hybridized carbons (Fsp3) is 0.333. The van der Waals surface area contributed by atoms with E-state index >= 15 is 0 Å². The highest BCUT2D eigenvalue weighted by molar-refractivity contribution is 6.01. The number of ether oxygens (including phenoxy) is 2. The van der Waals surface area contributed by atoms with Crippen LogP contribution in [0.15, 0.2) is 59.0 Å². The molecule has 3 aromatic rings. The number of amides is 1.